The number of benzene rings is 1. The van der Waals surface area contributed by atoms with Crippen LogP contribution in [0.5, 0.6) is 0 Å². The molecule has 0 unspecified atom stereocenters. The first-order valence-corrected chi connectivity index (χ1v) is 8.64. The third-order valence-electron chi connectivity index (χ3n) is 3.94. The number of ether oxygens (including phenoxy) is 1. The van der Waals surface area contributed by atoms with Gasteiger partial charge in [-0.15, -0.1) is 0 Å². The number of anilines is 2. The molecule has 0 radical (unpaired) electrons. The standard InChI is InChI=1S/C18H21ClN4O2/c19-15-2-1-3-16(11-15)22-18(24)14-10-17(13-20-12-14)21-4-5-23-6-8-25-9-7-23/h1-3,10-13,21H,4-9H2,(H,22,24). The number of aromatic nitrogens is 1. The van der Waals surface area contributed by atoms with Crippen LogP contribution in [-0.4, -0.2) is 55.2 Å². The number of pyridine rings is 1. The Morgan fingerprint density at radius 1 is 1.20 bits per heavy atom. The molecule has 132 valence electrons. The average molecular weight is 361 g/mol. The molecule has 1 saturated heterocycles. The first-order valence-electron chi connectivity index (χ1n) is 8.27. The van der Waals surface area contributed by atoms with Crippen molar-refractivity contribution in [3.8, 4) is 0 Å². The summed E-state index contributed by atoms with van der Waals surface area (Å²) in [4.78, 5) is 18.8. The summed E-state index contributed by atoms with van der Waals surface area (Å²) < 4.78 is 5.34. The van der Waals surface area contributed by atoms with Crippen molar-refractivity contribution >= 4 is 28.9 Å². The molecule has 25 heavy (non-hydrogen) atoms. The van der Waals surface area contributed by atoms with E-state index in [1.165, 1.54) is 0 Å². The summed E-state index contributed by atoms with van der Waals surface area (Å²) in [6, 6.07) is 8.85. The van der Waals surface area contributed by atoms with Crippen LogP contribution < -0.4 is 10.6 Å². The molecule has 1 aliphatic rings. The lowest BCUT2D eigenvalue weighted by Gasteiger charge is -2.26. The van der Waals surface area contributed by atoms with Crippen LogP contribution in [0.1, 0.15) is 10.4 Å². The van der Waals surface area contributed by atoms with Crippen molar-refractivity contribution in [3.63, 3.8) is 0 Å². The highest BCUT2D eigenvalue weighted by Gasteiger charge is 2.10. The van der Waals surface area contributed by atoms with Gasteiger partial charge in [0.25, 0.3) is 5.91 Å². The van der Waals surface area contributed by atoms with Gasteiger partial charge in [0.15, 0.2) is 0 Å². The minimum absolute atomic E-state index is 0.216. The summed E-state index contributed by atoms with van der Waals surface area (Å²) in [6.07, 6.45) is 3.27. The summed E-state index contributed by atoms with van der Waals surface area (Å²) in [5.41, 5.74) is 1.98. The summed E-state index contributed by atoms with van der Waals surface area (Å²) >= 11 is 5.94. The molecule has 0 saturated carbocycles. The highest BCUT2D eigenvalue weighted by Crippen LogP contribution is 2.16. The summed E-state index contributed by atoms with van der Waals surface area (Å²) in [5.74, 6) is -0.216. The summed E-state index contributed by atoms with van der Waals surface area (Å²) in [7, 11) is 0. The van der Waals surface area contributed by atoms with E-state index in [0.29, 0.717) is 16.3 Å². The molecule has 6 nitrogen and oxygen atoms in total. The van der Waals surface area contributed by atoms with Crippen molar-refractivity contribution in [1.82, 2.24) is 9.88 Å². The quantitative estimate of drug-likeness (QED) is 0.829. The normalized spacial score (nSPS) is 14.9. The molecule has 1 aromatic carbocycles. The van der Waals surface area contributed by atoms with E-state index in [9.17, 15) is 4.79 Å². The number of nitrogens with zero attached hydrogens (tertiary/aromatic N) is 2. The van der Waals surface area contributed by atoms with Crippen LogP contribution in [0, 0.1) is 0 Å². The van der Waals surface area contributed by atoms with Gasteiger partial charge >= 0.3 is 0 Å². The third-order valence-corrected chi connectivity index (χ3v) is 4.18. The molecule has 1 fully saturated rings. The van der Waals surface area contributed by atoms with Gasteiger partial charge in [-0.2, -0.15) is 0 Å². The molecular formula is C18H21ClN4O2. The second-order valence-corrected chi connectivity index (χ2v) is 6.24. The smallest absolute Gasteiger partial charge is 0.257 e. The molecule has 0 spiro atoms. The van der Waals surface area contributed by atoms with E-state index in [2.05, 4.69) is 20.5 Å². The van der Waals surface area contributed by atoms with Gasteiger partial charge < -0.3 is 15.4 Å². The maximum absolute atomic E-state index is 12.4. The Labute approximate surface area is 152 Å². The zero-order chi connectivity index (χ0) is 17.5. The van der Waals surface area contributed by atoms with E-state index in [-0.39, 0.29) is 5.91 Å². The highest BCUT2D eigenvalue weighted by molar-refractivity contribution is 6.30. The number of amides is 1. The van der Waals surface area contributed by atoms with Gasteiger partial charge in [-0.25, -0.2) is 0 Å². The molecule has 3 rings (SSSR count). The Morgan fingerprint density at radius 3 is 2.84 bits per heavy atom. The zero-order valence-electron chi connectivity index (χ0n) is 13.9. The van der Waals surface area contributed by atoms with Crippen LogP contribution in [0.25, 0.3) is 0 Å². The number of morpholine rings is 1. The SMILES string of the molecule is O=C(Nc1cccc(Cl)c1)c1cncc(NCCN2CCOCC2)c1. The molecule has 2 heterocycles. The van der Waals surface area contributed by atoms with E-state index < -0.39 is 0 Å². The first-order chi connectivity index (χ1) is 12.2. The van der Waals surface area contributed by atoms with Gasteiger partial charge in [0.1, 0.15) is 0 Å². The van der Waals surface area contributed by atoms with Gasteiger partial charge in [-0.3, -0.25) is 14.7 Å². The molecule has 1 amide bonds. The van der Waals surface area contributed by atoms with E-state index in [4.69, 9.17) is 16.3 Å². The topological polar surface area (TPSA) is 66.5 Å². The predicted molar refractivity (Wildman–Crippen MR) is 99.4 cm³/mol. The van der Waals surface area contributed by atoms with Crippen LogP contribution >= 0.6 is 11.6 Å². The van der Waals surface area contributed by atoms with Crippen LogP contribution in [0.15, 0.2) is 42.7 Å². The van der Waals surface area contributed by atoms with Crippen LogP contribution in [0.2, 0.25) is 5.02 Å². The minimum atomic E-state index is -0.216. The average Bonchev–Trinajstić information content (AvgIpc) is 2.63. The zero-order valence-corrected chi connectivity index (χ0v) is 14.6. The van der Waals surface area contributed by atoms with Crippen molar-refractivity contribution in [2.24, 2.45) is 0 Å². The summed E-state index contributed by atoms with van der Waals surface area (Å²) in [5, 5.41) is 6.71. The van der Waals surface area contributed by atoms with Gasteiger partial charge in [0, 0.05) is 49.3 Å². The number of hydrogen-bond donors (Lipinski definition) is 2. The second kappa shape index (κ2) is 8.80. The number of carbonyl (C=O) groups excluding carboxylic acids is 1. The van der Waals surface area contributed by atoms with E-state index in [0.717, 1.165) is 45.1 Å². The van der Waals surface area contributed by atoms with E-state index in [1.54, 1.807) is 42.7 Å². The molecular weight excluding hydrogens is 340 g/mol. The van der Waals surface area contributed by atoms with E-state index >= 15 is 0 Å². The Kier molecular flexibility index (Phi) is 6.22. The molecule has 0 bridgehead atoms. The highest BCUT2D eigenvalue weighted by atomic mass is 35.5. The molecule has 7 heteroatoms. The van der Waals surface area contributed by atoms with Crippen molar-refractivity contribution in [1.29, 1.82) is 0 Å². The lowest BCUT2D eigenvalue weighted by Crippen LogP contribution is -2.39. The van der Waals surface area contributed by atoms with Gasteiger partial charge in [0.05, 0.1) is 24.5 Å². The summed E-state index contributed by atoms with van der Waals surface area (Å²) in [6.45, 7) is 5.23. The largest absolute Gasteiger partial charge is 0.382 e. The molecule has 0 atom stereocenters. The van der Waals surface area contributed by atoms with Crippen LogP contribution in [0.4, 0.5) is 11.4 Å². The van der Waals surface area contributed by atoms with Crippen molar-refractivity contribution in [3.05, 3.63) is 53.3 Å². The molecule has 2 N–H and O–H groups in total. The molecule has 2 aromatic rings. The fourth-order valence-electron chi connectivity index (χ4n) is 2.61. The third kappa shape index (κ3) is 5.42. The maximum atomic E-state index is 12.4. The predicted octanol–water partition coefficient (Wildman–Crippen LogP) is 2.73. The lowest BCUT2D eigenvalue weighted by molar-refractivity contribution is 0.0398. The number of hydrogen-bond acceptors (Lipinski definition) is 5. The Hall–Kier alpha value is -2.15. The fourth-order valence-corrected chi connectivity index (χ4v) is 2.80. The maximum Gasteiger partial charge on any atom is 0.257 e. The molecule has 1 aromatic heterocycles. The van der Waals surface area contributed by atoms with Crippen molar-refractivity contribution in [2.75, 3.05) is 50.0 Å². The number of nitrogens with one attached hydrogen (secondary N) is 2. The van der Waals surface area contributed by atoms with Crippen molar-refractivity contribution in [2.45, 2.75) is 0 Å². The van der Waals surface area contributed by atoms with E-state index in [1.807, 2.05) is 0 Å². The second-order valence-electron chi connectivity index (χ2n) is 5.81. The number of rotatable bonds is 6. The number of carbonyl (C=O) groups is 1. The Bertz CT molecular complexity index is 720. The van der Waals surface area contributed by atoms with Crippen LogP contribution in [-0.2, 0) is 4.74 Å². The fraction of sp³-hybridized carbons (Fsp3) is 0.333. The van der Waals surface area contributed by atoms with Crippen LogP contribution in [0.3, 0.4) is 0 Å². The molecule has 0 aliphatic carbocycles. The lowest BCUT2D eigenvalue weighted by atomic mass is 10.2. The monoisotopic (exact) mass is 360 g/mol. The van der Waals surface area contributed by atoms with Gasteiger partial charge in [0.2, 0.25) is 0 Å². The Morgan fingerprint density at radius 2 is 2.04 bits per heavy atom. The minimum Gasteiger partial charge on any atom is -0.382 e. The van der Waals surface area contributed by atoms with Crippen molar-refractivity contribution < 1.29 is 9.53 Å². The Balaban J connectivity index is 1.54. The molecule has 1 aliphatic heterocycles. The van der Waals surface area contributed by atoms with Gasteiger partial charge in [-0.05, 0) is 24.3 Å². The van der Waals surface area contributed by atoms with Gasteiger partial charge in [-0.1, -0.05) is 17.7 Å². The first kappa shape index (κ1) is 17.7. The number of halogens is 1.